The number of ether oxygens (including phenoxy) is 1. The van der Waals surface area contributed by atoms with Gasteiger partial charge in [0, 0.05) is 12.1 Å². The molecule has 0 heterocycles. The molecule has 1 rings (SSSR count). The molecule has 0 saturated heterocycles. The lowest BCUT2D eigenvalue weighted by atomic mass is 10.1. The fourth-order valence-corrected chi connectivity index (χ4v) is 1.41. The van der Waals surface area contributed by atoms with Crippen LogP contribution in [0.4, 0.5) is 5.69 Å². The number of hydrogen-bond acceptors (Lipinski definition) is 4. The van der Waals surface area contributed by atoms with E-state index in [0.29, 0.717) is 30.7 Å². The zero-order valence-electron chi connectivity index (χ0n) is 9.90. The van der Waals surface area contributed by atoms with E-state index in [-0.39, 0.29) is 5.97 Å². The highest BCUT2D eigenvalue weighted by atomic mass is 16.5. The maximum atomic E-state index is 11.7. The third kappa shape index (κ3) is 4.15. The molecule has 0 aliphatic heterocycles. The van der Waals surface area contributed by atoms with Crippen molar-refractivity contribution >= 4 is 11.7 Å². The fraction of sp³-hybridized carbons (Fsp3) is 0.385. The van der Waals surface area contributed by atoms with Crippen LogP contribution in [0.1, 0.15) is 35.2 Å². The number of aryl methyl sites for hydroxylation is 1. The molecule has 1 aromatic carbocycles. The number of carbonyl (C=O) groups excluding carboxylic acids is 1. The molecule has 0 bridgehead atoms. The number of anilines is 1. The van der Waals surface area contributed by atoms with E-state index < -0.39 is 0 Å². The van der Waals surface area contributed by atoms with Gasteiger partial charge in [0.25, 0.3) is 0 Å². The fourth-order valence-electron chi connectivity index (χ4n) is 1.41. The van der Waals surface area contributed by atoms with Crippen LogP contribution in [0.25, 0.3) is 0 Å². The highest BCUT2D eigenvalue weighted by Gasteiger charge is 2.10. The SMILES string of the molecule is Cc1ccc(N)cc1C(=O)OCCCCC#N. The lowest BCUT2D eigenvalue weighted by Crippen LogP contribution is -2.08. The van der Waals surface area contributed by atoms with Gasteiger partial charge in [0.15, 0.2) is 0 Å². The van der Waals surface area contributed by atoms with E-state index >= 15 is 0 Å². The van der Waals surface area contributed by atoms with Crippen LogP contribution in [0.5, 0.6) is 0 Å². The second-order valence-corrected chi connectivity index (χ2v) is 3.83. The van der Waals surface area contributed by atoms with Crippen molar-refractivity contribution in [1.29, 1.82) is 5.26 Å². The number of nitrogens with zero attached hydrogens (tertiary/aromatic N) is 1. The largest absolute Gasteiger partial charge is 0.462 e. The monoisotopic (exact) mass is 232 g/mol. The molecule has 4 nitrogen and oxygen atoms in total. The maximum absolute atomic E-state index is 11.7. The molecule has 0 aromatic heterocycles. The average molecular weight is 232 g/mol. The third-order valence-corrected chi connectivity index (χ3v) is 2.40. The number of nitrogens with two attached hydrogens (primary N) is 1. The molecule has 0 spiro atoms. The maximum Gasteiger partial charge on any atom is 0.338 e. The second kappa shape index (κ2) is 6.54. The van der Waals surface area contributed by atoms with E-state index in [2.05, 4.69) is 0 Å². The summed E-state index contributed by atoms with van der Waals surface area (Å²) in [5.41, 5.74) is 7.52. The van der Waals surface area contributed by atoms with Crippen molar-refractivity contribution in [3.05, 3.63) is 29.3 Å². The van der Waals surface area contributed by atoms with E-state index in [1.165, 1.54) is 0 Å². The zero-order valence-corrected chi connectivity index (χ0v) is 9.90. The zero-order chi connectivity index (χ0) is 12.7. The Hall–Kier alpha value is -2.02. The molecule has 90 valence electrons. The first-order valence-corrected chi connectivity index (χ1v) is 5.55. The average Bonchev–Trinajstić information content (AvgIpc) is 2.32. The van der Waals surface area contributed by atoms with Gasteiger partial charge in [-0.05, 0) is 37.5 Å². The summed E-state index contributed by atoms with van der Waals surface area (Å²) in [6, 6.07) is 7.21. The van der Waals surface area contributed by atoms with Gasteiger partial charge < -0.3 is 10.5 Å². The number of unbranched alkanes of at least 4 members (excludes halogenated alkanes) is 2. The highest BCUT2D eigenvalue weighted by Crippen LogP contribution is 2.14. The van der Waals surface area contributed by atoms with Crippen LogP contribution < -0.4 is 5.73 Å². The molecule has 0 atom stereocenters. The number of carbonyl (C=O) groups is 1. The standard InChI is InChI=1S/C13H16N2O2/c1-10-5-6-11(15)9-12(10)13(16)17-8-4-2-3-7-14/h5-6,9H,2-4,8,15H2,1H3. The first-order chi connectivity index (χ1) is 8.15. The number of benzene rings is 1. The Morgan fingerprint density at radius 1 is 1.47 bits per heavy atom. The number of rotatable bonds is 5. The van der Waals surface area contributed by atoms with Crippen LogP contribution in [0.2, 0.25) is 0 Å². The van der Waals surface area contributed by atoms with Crippen molar-refractivity contribution in [3.63, 3.8) is 0 Å². The minimum atomic E-state index is -0.355. The Balaban J connectivity index is 2.47. The second-order valence-electron chi connectivity index (χ2n) is 3.83. The van der Waals surface area contributed by atoms with Crippen molar-refractivity contribution in [2.24, 2.45) is 0 Å². The summed E-state index contributed by atoms with van der Waals surface area (Å²) in [6.07, 6.45) is 1.95. The summed E-state index contributed by atoms with van der Waals surface area (Å²) >= 11 is 0. The van der Waals surface area contributed by atoms with Crippen molar-refractivity contribution < 1.29 is 9.53 Å². The number of nitrogen functional groups attached to an aromatic ring is 1. The van der Waals surface area contributed by atoms with E-state index in [1.54, 1.807) is 18.2 Å². The van der Waals surface area contributed by atoms with Gasteiger partial charge in [0.2, 0.25) is 0 Å². The number of hydrogen-bond donors (Lipinski definition) is 1. The molecule has 0 aliphatic rings. The predicted molar refractivity (Wildman–Crippen MR) is 65.3 cm³/mol. The molecule has 0 aliphatic carbocycles. The summed E-state index contributed by atoms with van der Waals surface area (Å²) in [4.78, 5) is 11.7. The van der Waals surface area contributed by atoms with Crippen molar-refractivity contribution in [3.8, 4) is 6.07 Å². The van der Waals surface area contributed by atoms with E-state index in [1.807, 2.05) is 13.0 Å². The predicted octanol–water partition coefficient (Wildman–Crippen LogP) is 2.43. The van der Waals surface area contributed by atoms with Gasteiger partial charge in [-0.2, -0.15) is 5.26 Å². The Morgan fingerprint density at radius 3 is 2.94 bits per heavy atom. The molecular formula is C13H16N2O2. The lowest BCUT2D eigenvalue weighted by Gasteiger charge is -2.07. The minimum Gasteiger partial charge on any atom is -0.462 e. The normalized spacial score (nSPS) is 9.65. The number of esters is 1. The van der Waals surface area contributed by atoms with Crippen LogP contribution in [0, 0.1) is 18.3 Å². The van der Waals surface area contributed by atoms with Crippen LogP contribution in [-0.2, 0) is 4.74 Å². The summed E-state index contributed by atoms with van der Waals surface area (Å²) in [5.74, 6) is -0.355. The summed E-state index contributed by atoms with van der Waals surface area (Å²) in [6.45, 7) is 2.18. The first kappa shape index (κ1) is 13.0. The smallest absolute Gasteiger partial charge is 0.338 e. The Morgan fingerprint density at radius 2 is 2.24 bits per heavy atom. The molecular weight excluding hydrogens is 216 g/mol. The van der Waals surface area contributed by atoms with Gasteiger partial charge in [-0.1, -0.05) is 6.07 Å². The summed E-state index contributed by atoms with van der Waals surface area (Å²) < 4.78 is 5.11. The molecule has 0 saturated carbocycles. The quantitative estimate of drug-likeness (QED) is 0.480. The van der Waals surface area contributed by atoms with Gasteiger partial charge in [-0.3, -0.25) is 0 Å². The molecule has 17 heavy (non-hydrogen) atoms. The van der Waals surface area contributed by atoms with Gasteiger partial charge in [-0.15, -0.1) is 0 Å². The summed E-state index contributed by atoms with van der Waals surface area (Å²) in [5, 5.41) is 8.35. The first-order valence-electron chi connectivity index (χ1n) is 5.55. The molecule has 0 radical (unpaired) electrons. The van der Waals surface area contributed by atoms with Gasteiger partial charge >= 0.3 is 5.97 Å². The van der Waals surface area contributed by atoms with Crippen LogP contribution in [0.15, 0.2) is 18.2 Å². The molecule has 1 aromatic rings. The minimum absolute atomic E-state index is 0.342. The van der Waals surface area contributed by atoms with E-state index in [9.17, 15) is 4.79 Å². The van der Waals surface area contributed by atoms with Crippen LogP contribution in [0.3, 0.4) is 0 Å². The van der Waals surface area contributed by atoms with Gasteiger partial charge in [0.05, 0.1) is 18.2 Å². The molecule has 0 amide bonds. The molecule has 2 N–H and O–H groups in total. The Bertz CT molecular complexity index is 436. The van der Waals surface area contributed by atoms with Gasteiger partial charge in [0.1, 0.15) is 0 Å². The lowest BCUT2D eigenvalue weighted by molar-refractivity contribution is 0.0498. The molecule has 0 fully saturated rings. The van der Waals surface area contributed by atoms with E-state index in [4.69, 9.17) is 15.7 Å². The molecule has 4 heteroatoms. The topological polar surface area (TPSA) is 76.1 Å². The van der Waals surface area contributed by atoms with E-state index in [0.717, 1.165) is 12.0 Å². The van der Waals surface area contributed by atoms with Crippen LogP contribution >= 0.6 is 0 Å². The van der Waals surface area contributed by atoms with Crippen molar-refractivity contribution in [1.82, 2.24) is 0 Å². The van der Waals surface area contributed by atoms with Crippen LogP contribution in [-0.4, -0.2) is 12.6 Å². The third-order valence-electron chi connectivity index (χ3n) is 2.40. The Kier molecular flexibility index (Phi) is 5.02. The Labute approximate surface area is 101 Å². The van der Waals surface area contributed by atoms with Gasteiger partial charge in [-0.25, -0.2) is 4.79 Å². The van der Waals surface area contributed by atoms with Crippen molar-refractivity contribution in [2.75, 3.05) is 12.3 Å². The summed E-state index contributed by atoms with van der Waals surface area (Å²) in [7, 11) is 0. The van der Waals surface area contributed by atoms with Crippen molar-refractivity contribution in [2.45, 2.75) is 26.2 Å². The highest BCUT2D eigenvalue weighted by molar-refractivity contribution is 5.92. The number of nitriles is 1. The molecule has 0 unspecified atom stereocenters.